The zero-order valence-corrected chi connectivity index (χ0v) is 11.7. The molecule has 0 atom stereocenters. The number of hydrogen-bond donors (Lipinski definition) is 0. The molecule has 2 aromatic rings. The van der Waals surface area contributed by atoms with Crippen molar-refractivity contribution in [2.24, 2.45) is 7.05 Å². The summed E-state index contributed by atoms with van der Waals surface area (Å²) in [6, 6.07) is 1.86. The van der Waals surface area contributed by atoms with Gasteiger partial charge in [0, 0.05) is 25.5 Å². The summed E-state index contributed by atoms with van der Waals surface area (Å²) < 4.78 is 3.57. The topological polar surface area (TPSA) is 52.7 Å². The first-order valence-corrected chi connectivity index (χ1v) is 6.29. The first-order chi connectivity index (χ1) is 9.04. The van der Waals surface area contributed by atoms with Crippen LogP contribution in [0.5, 0.6) is 0 Å². The van der Waals surface area contributed by atoms with Crippen molar-refractivity contribution in [2.45, 2.75) is 27.3 Å². The van der Waals surface area contributed by atoms with Crippen molar-refractivity contribution in [3.63, 3.8) is 0 Å². The van der Waals surface area contributed by atoms with Crippen LogP contribution in [0, 0.1) is 13.8 Å². The molecule has 2 rings (SSSR count). The molecule has 5 nitrogen and oxygen atoms in total. The van der Waals surface area contributed by atoms with E-state index in [1.165, 1.54) is 0 Å². The standard InChI is InChI=1S/C14H18N4O/c1-5-18-11(3)14(10(2)16-18)13(19)7-6-12-8-9-15-17(12)4/h6-9H,5H2,1-4H3. The molecule has 0 saturated carbocycles. The number of carbonyl (C=O) groups excluding carboxylic acids is 1. The summed E-state index contributed by atoms with van der Waals surface area (Å²) in [5.74, 6) is -0.0177. The van der Waals surface area contributed by atoms with Gasteiger partial charge in [0.25, 0.3) is 0 Å². The number of allylic oxidation sites excluding steroid dienone is 1. The van der Waals surface area contributed by atoms with Gasteiger partial charge in [0.1, 0.15) is 0 Å². The first kappa shape index (κ1) is 13.3. The van der Waals surface area contributed by atoms with Crippen molar-refractivity contribution in [2.75, 3.05) is 0 Å². The van der Waals surface area contributed by atoms with Crippen LogP contribution >= 0.6 is 0 Å². The maximum absolute atomic E-state index is 12.3. The molecule has 0 amide bonds. The SMILES string of the molecule is CCn1nc(C)c(C(=O)C=Cc2ccnn2C)c1C. The second-order valence-corrected chi connectivity index (χ2v) is 4.44. The lowest BCUT2D eigenvalue weighted by Crippen LogP contribution is -2.02. The number of carbonyl (C=O) groups is 1. The minimum absolute atomic E-state index is 0.0177. The van der Waals surface area contributed by atoms with E-state index < -0.39 is 0 Å². The molecule has 2 aromatic heterocycles. The Hall–Kier alpha value is -2.17. The molecule has 100 valence electrons. The third-order valence-electron chi connectivity index (χ3n) is 3.19. The molecule has 5 heteroatoms. The van der Waals surface area contributed by atoms with Gasteiger partial charge in [-0.05, 0) is 39.0 Å². The van der Waals surface area contributed by atoms with Gasteiger partial charge in [0.05, 0.1) is 17.0 Å². The van der Waals surface area contributed by atoms with Crippen LogP contribution in [0.3, 0.4) is 0 Å². The van der Waals surface area contributed by atoms with Gasteiger partial charge in [-0.2, -0.15) is 10.2 Å². The third kappa shape index (κ3) is 2.50. The highest BCUT2D eigenvalue weighted by molar-refractivity contribution is 6.08. The Morgan fingerprint density at radius 3 is 2.68 bits per heavy atom. The molecule has 0 unspecified atom stereocenters. The molecule has 0 aliphatic rings. The van der Waals surface area contributed by atoms with E-state index in [0.717, 1.165) is 23.6 Å². The average molecular weight is 258 g/mol. The minimum Gasteiger partial charge on any atom is -0.289 e. The van der Waals surface area contributed by atoms with Crippen LogP contribution in [0.1, 0.15) is 34.4 Å². The number of hydrogen-bond acceptors (Lipinski definition) is 3. The quantitative estimate of drug-likeness (QED) is 0.623. The van der Waals surface area contributed by atoms with Crippen LogP contribution in [-0.4, -0.2) is 25.3 Å². The van der Waals surface area contributed by atoms with Crippen molar-refractivity contribution in [3.05, 3.63) is 41.0 Å². The summed E-state index contributed by atoms with van der Waals surface area (Å²) in [5, 5.41) is 8.41. The summed E-state index contributed by atoms with van der Waals surface area (Å²) in [7, 11) is 1.84. The van der Waals surface area contributed by atoms with Crippen molar-refractivity contribution in [1.29, 1.82) is 0 Å². The zero-order valence-electron chi connectivity index (χ0n) is 11.7. The number of ketones is 1. The third-order valence-corrected chi connectivity index (χ3v) is 3.19. The lowest BCUT2D eigenvalue weighted by atomic mass is 10.1. The van der Waals surface area contributed by atoms with Crippen molar-refractivity contribution >= 4 is 11.9 Å². The Balaban J connectivity index is 2.28. The van der Waals surface area contributed by atoms with Gasteiger partial charge < -0.3 is 0 Å². The van der Waals surface area contributed by atoms with Crippen LogP contribution in [0.15, 0.2) is 18.3 Å². The van der Waals surface area contributed by atoms with Crippen LogP contribution < -0.4 is 0 Å². The van der Waals surface area contributed by atoms with Crippen molar-refractivity contribution in [1.82, 2.24) is 19.6 Å². The van der Waals surface area contributed by atoms with E-state index in [4.69, 9.17) is 0 Å². The Morgan fingerprint density at radius 2 is 2.16 bits per heavy atom. The van der Waals surface area contributed by atoms with Gasteiger partial charge in [0.2, 0.25) is 0 Å². The largest absolute Gasteiger partial charge is 0.289 e. The highest BCUT2D eigenvalue weighted by Gasteiger charge is 2.15. The summed E-state index contributed by atoms with van der Waals surface area (Å²) >= 11 is 0. The highest BCUT2D eigenvalue weighted by atomic mass is 16.1. The zero-order chi connectivity index (χ0) is 14.0. The van der Waals surface area contributed by atoms with Gasteiger partial charge >= 0.3 is 0 Å². The second-order valence-electron chi connectivity index (χ2n) is 4.44. The molecule has 0 aliphatic heterocycles. The van der Waals surface area contributed by atoms with Gasteiger partial charge in [-0.1, -0.05) is 0 Å². The molecule has 0 saturated heterocycles. The fraction of sp³-hybridized carbons (Fsp3) is 0.357. The van der Waals surface area contributed by atoms with Crippen LogP contribution in [0.2, 0.25) is 0 Å². The van der Waals surface area contributed by atoms with E-state index in [9.17, 15) is 4.79 Å². The summed E-state index contributed by atoms with van der Waals surface area (Å²) in [6.07, 6.45) is 5.06. The fourth-order valence-electron chi connectivity index (χ4n) is 2.15. The van der Waals surface area contributed by atoms with E-state index in [-0.39, 0.29) is 5.78 Å². The van der Waals surface area contributed by atoms with Gasteiger partial charge in [-0.25, -0.2) is 0 Å². The molecule has 0 bridgehead atoms. The molecule has 0 N–H and O–H groups in total. The van der Waals surface area contributed by atoms with Gasteiger partial charge in [-0.15, -0.1) is 0 Å². The van der Waals surface area contributed by atoms with Gasteiger partial charge in [-0.3, -0.25) is 14.2 Å². The number of aryl methyl sites for hydroxylation is 3. The van der Waals surface area contributed by atoms with E-state index in [2.05, 4.69) is 10.2 Å². The highest BCUT2D eigenvalue weighted by Crippen LogP contribution is 2.15. The number of aromatic nitrogens is 4. The van der Waals surface area contributed by atoms with E-state index in [1.54, 1.807) is 23.0 Å². The predicted molar refractivity (Wildman–Crippen MR) is 73.9 cm³/mol. The average Bonchev–Trinajstić information content (AvgIpc) is 2.90. The number of rotatable bonds is 4. The van der Waals surface area contributed by atoms with Crippen molar-refractivity contribution < 1.29 is 4.79 Å². The van der Waals surface area contributed by atoms with E-state index in [1.807, 2.05) is 38.6 Å². The minimum atomic E-state index is -0.0177. The van der Waals surface area contributed by atoms with E-state index in [0.29, 0.717) is 5.56 Å². The molecular formula is C14H18N4O. The molecule has 0 aliphatic carbocycles. The molecule has 0 fully saturated rings. The summed E-state index contributed by atoms with van der Waals surface area (Å²) in [4.78, 5) is 12.3. The molecule has 0 radical (unpaired) electrons. The van der Waals surface area contributed by atoms with E-state index >= 15 is 0 Å². The van der Waals surface area contributed by atoms with Crippen LogP contribution in [0.4, 0.5) is 0 Å². The van der Waals surface area contributed by atoms with Crippen LogP contribution in [0.25, 0.3) is 6.08 Å². The first-order valence-electron chi connectivity index (χ1n) is 6.29. The fourth-order valence-corrected chi connectivity index (χ4v) is 2.15. The summed E-state index contributed by atoms with van der Waals surface area (Å²) in [5.41, 5.74) is 3.28. The molecule has 0 spiro atoms. The lowest BCUT2D eigenvalue weighted by Gasteiger charge is -1.99. The van der Waals surface area contributed by atoms with Crippen molar-refractivity contribution in [3.8, 4) is 0 Å². The maximum Gasteiger partial charge on any atom is 0.189 e. The van der Waals surface area contributed by atoms with Crippen LogP contribution in [-0.2, 0) is 13.6 Å². The summed E-state index contributed by atoms with van der Waals surface area (Å²) in [6.45, 7) is 6.57. The smallest absolute Gasteiger partial charge is 0.189 e. The Morgan fingerprint density at radius 1 is 1.42 bits per heavy atom. The lowest BCUT2D eigenvalue weighted by molar-refractivity contribution is 0.104. The molecule has 19 heavy (non-hydrogen) atoms. The second kappa shape index (κ2) is 5.22. The monoisotopic (exact) mass is 258 g/mol. The molecular weight excluding hydrogens is 240 g/mol. The number of nitrogens with zero attached hydrogens (tertiary/aromatic N) is 4. The van der Waals surface area contributed by atoms with Gasteiger partial charge in [0.15, 0.2) is 5.78 Å². The molecule has 0 aromatic carbocycles. The normalized spacial score (nSPS) is 11.4. The molecule has 2 heterocycles. The Kier molecular flexibility index (Phi) is 3.64. The predicted octanol–water partition coefficient (Wildman–Crippen LogP) is 2.15. The Bertz CT molecular complexity index is 634. The Labute approximate surface area is 112 Å². The maximum atomic E-state index is 12.3.